The molecule has 2 aromatic rings. The van der Waals surface area contributed by atoms with E-state index in [2.05, 4.69) is 28.7 Å². The zero-order chi connectivity index (χ0) is 22.9. The van der Waals surface area contributed by atoms with E-state index in [0.717, 1.165) is 35.1 Å². The first-order chi connectivity index (χ1) is 15.5. The Hall–Kier alpha value is -3.79. The van der Waals surface area contributed by atoms with Crippen molar-refractivity contribution in [2.24, 2.45) is 0 Å². The van der Waals surface area contributed by atoms with Crippen LogP contribution in [-0.2, 0) is 14.3 Å². The summed E-state index contributed by atoms with van der Waals surface area (Å²) in [6, 6.07) is 15.3. The largest absolute Gasteiger partial charge is 0.472 e. The van der Waals surface area contributed by atoms with Gasteiger partial charge in [0.05, 0.1) is 6.54 Å². The molecular formula is C25H26N2O5. The molecule has 0 spiro atoms. The molecule has 2 aromatic carbocycles. The maximum Gasteiger partial charge on any atom is 0.407 e. The van der Waals surface area contributed by atoms with Gasteiger partial charge in [-0.2, -0.15) is 0 Å². The lowest BCUT2D eigenvalue weighted by atomic mass is 9.98. The Bertz CT molecular complexity index is 1010. The summed E-state index contributed by atoms with van der Waals surface area (Å²) in [4.78, 5) is 35.4. The number of amides is 2. The standard InChI is InChI=1S/C25H26N2O5/c1-2-3-13-22(24(30)26-15-8-14-23(28)29)27-25(31)32-16-21-19-11-6-4-9-17(19)18-10-5-7-12-20(18)21/h4-7,9-12,21-22H,2-3,13,15-16H2,1H3,(H,26,30)(H,27,31)(H,28,29). The number of ether oxygens (including phenoxy) is 1. The van der Waals surface area contributed by atoms with Crippen molar-refractivity contribution in [1.82, 2.24) is 10.6 Å². The SMILES string of the molecule is CCCCC(NC(=O)OCC1c2ccccc2-c2ccccc21)C(=O)NCC#CC(=O)O. The summed E-state index contributed by atoms with van der Waals surface area (Å²) < 4.78 is 5.52. The summed E-state index contributed by atoms with van der Waals surface area (Å²) in [5.41, 5.74) is 4.50. The smallest absolute Gasteiger partial charge is 0.407 e. The van der Waals surface area contributed by atoms with E-state index in [0.29, 0.717) is 6.42 Å². The molecule has 166 valence electrons. The number of rotatable bonds is 8. The highest BCUT2D eigenvalue weighted by atomic mass is 16.5. The molecule has 0 bridgehead atoms. The molecule has 0 heterocycles. The molecule has 1 aliphatic rings. The second-order valence-electron chi connectivity index (χ2n) is 7.49. The summed E-state index contributed by atoms with van der Waals surface area (Å²) in [5, 5.41) is 13.7. The number of fused-ring (bicyclic) bond motifs is 3. The van der Waals surface area contributed by atoms with Gasteiger partial charge in [0.25, 0.3) is 0 Å². The fourth-order valence-corrected chi connectivity index (χ4v) is 3.83. The molecule has 1 atom stereocenters. The zero-order valence-electron chi connectivity index (χ0n) is 17.9. The molecule has 0 radical (unpaired) electrons. The highest BCUT2D eigenvalue weighted by molar-refractivity contribution is 5.87. The van der Waals surface area contributed by atoms with E-state index < -0.39 is 24.0 Å². The molecule has 0 aromatic heterocycles. The fraction of sp³-hybridized carbons (Fsp3) is 0.320. The highest BCUT2D eigenvalue weighted by Crippen LogP contribution is 2.44. The van der Waals surface area contributed by atoms with E-state index in [1.807, 2.05) is 49.2 Å². The topological polar surface area (TPSA) is 105 Å². The number of hydrogen-bond donors (Lipinski definition) is 3. The number of aliphatic carboxylic acids is 1. The van der Waals surface area contributed by atoms with Gasteiger partial charge in [0, 0.05) is 11.8 Å². The van der Waals surface area contributed by atoms with Gasteiger partial charge in [-0.15, -0.1) is 0 Å². The third-order valence-corrected chi connectivity index (χ3v) is 5.34. The highest BCUT2D eigenvalue weighted by Gasteiger charge is 2.29. The minimum atomic E-state index is -1.27. The van der Waals surface area contributed by atoms with E-state index in [1.54, 1.807) is 0 Å². The number of carbonyl (C=O) groups excluding carboxylic acids is 2. The zero-order valence-corrected chi connectivity index (χ0v) is 17.9. The minimum Gasteiger partial charge on any atom is -0.472 e. The molecule has 0 fully saturated rings. The lowest BCUT2D eigenvalue weighted by Crippen LogP contribution is -2.47. The van der Waals surface area contributed by atoms with Crippen molar-refractivity contribution < 1.29 is 24.2 Å². The van der Waals surface area contributed by atoms with Crippen LogP contribution >= 0.6 is 0 Å². The lowest BCUT2D eigenvalue weighted by molar-refractivity contribution is -0.130. The molecule has 1 aliphatic carbocycles. The Balaban J connectivity index is 1.61. The van der Waals surface area contributed by atoms with Crippen LogP contribution in [0.3, 0.4) is 0 Å². The van der Waals surface area contributed by atoms with Crippen molar-refractivity contribution in [3.05, 3.63) is 59.7 Å². The van der Waals surface area contributed by atoms with E-state index in [-0.39, 0.29) is 19.1 Å². The Morgan fingerprint density at radius 2 is 1.69 bits per heavy atom. The van der Waals surface area contributed by atoms with Crippen molar-refractivity contribution in [3.8, 4) is 23.0 Å². The van der Waals surface area contributed by atoms with Gasteiger partial charge >= 0.3 is 12.1 Å². The molecule has 32 heavy (non-hydrogen) atoms. The van der Waals surface area contributed by atoms with Gasteiger partial charge < -0.3 is 20.5 Å². The van der Waals surface area contributed by atoms with Gasteiger partial charge in [-0.3, -0.25) is 4.79 Å². The summed E-state index contributed by atoms with van der Waals surface area (Å²) in [6.45, 7) is 2.03. The Morgan fingerprint density at radius 1 is 1.06 bits per heavy atom. The predicted octanol–water partition coefficient (Wildman–Crippen LogP) is 3.29. The molecule has 1 unspecified atom stereocenters. The normalized spacial score (nSPS) is 12.5. The van der Waals surface area contributed by atoms with Crippen LogP contribution in [0.1, 0.15) is 43.2 Å². The average molecular weight is 434 g/mol. The second kappa shape index (κ2) is 11.0. The molecule has 7 nitrogen and oxygen atoms in total. The summed E-state index contributed by atoms with van der Waals surface area (Å²) in [7, 11) is 0. The van der Waals surface area contributed by atoms with Crippen molar-refractivity contribution in [2.75, 3.05) is 13.2 Å². The molecule has 0 saturated heterocycles. The molecule has 2 amide bonds. The van der Waals surface area contributed by atoms with Gasteiger partial charge in [-0.1, -0.05) is 74.2 Å². The predicted molar refractivity (Wildman–Crippen MR) is 120 cm³/mol. The van der Waals surface area contributed by atoms with Crippen molar-refractivity contribution in [3.63, 3.8) is 0 Å². The number of carboxylic acids is 1. The van der Waals surface area contributed by atoms with Crippen LogP contribution in [0.15, 0.2) is 48.5 Å². The minimum absolute atomic E-state index is 0.0673. The monoisotopic (exact) mass is 434 g/mol. The number of unbranched alkanes of at least 4 members (excludes halogenated alkanes) is 1. The Morgan fingerprint density at radius 3 is 2.28 bits per heavy atom. The van der Waals surface area contributed by atoms with Crippen molar-refractivity contribution in [2.45, 2.75) is 38.1 Å². The van der Waals surface area contributed by atoms with Gasteiger partial charge in [-0.05, 0) is 28.7 Å². The molecule has 3 N–H and O–H groups in total. The maximum absolute atomic E-state index is 12.5. The van der Waals surface area contributed by atoms with Gasteiger partial charge in [-0.25, -0.2) is 9.59 Å². The van der Waals surface area contributed by atoms with E-state index in [9.17, 15) is 14.4 Å². The van der Waals surface area contributed by atoms with Crippen LogP contribution in [0.2, 0.25) is 0 Å². The average Bonchev–Trinajstić information content (AvgIpc) is 3.11. The first-order valence-electron chi connectivity index (χ1n) is 10.6. The van der Waals surface area contributed by atoms with E-state index in [4.69, 9.17) is 9.84 Å². The van der Waals surface area contributed by atoms with Gasteiger partial charge in [0.15, 0.2) is 0 Å². The van der Waals surface area contributed by atoms with E-state index in [1.165, 1.54) is 0 Å². The summed E-state index contributed by atoms with van der Waals surface area (Å²) >= 11 is 0. The molecular weight excluding hydrogens is 408 g/mol. The number of nitrogens with one attached hydrogen (secondary N) is 2. The maximum atomic E-state index is 12.5. The van der Waals surface area contributed by atoms with Gasteiger partial charge in [0.2, 0.25) is 5.91 Å². The van der Waals surface area contributed by atoms with E-state index >= 15 is 0 Å². The molecule has 0 aliphatic heterocycles. The van der Waals surface area contributed by atoms with Crippen LogP contribution in [-0.4, -0.2) is 42.3 Å². The van der Waals surface area contributed by atoms with Crippen LogP contribution < -0.4 is 10.6 Å². The third kappa shape index (κ3) is 5.67. The first kappa shape index (κ1) is 22.9. The van der Waals surface area contributed by atoms with Crippen molar-refractivity contribution in [1.29, 1.82) is 0 Å². The summed E-state index contributed by atoms with van der Waals surface area (Å²) in [6.07, 6.45) is 1.37. The third-order valence-electron chi connectivity index (χ3n) is 5.34. The number of benzene rings is 2. The first-order valence-corrected chi connectivity index (χ1v) is 10.6. The number of alkyl carbamates (subject to hydrolysis) is 1. The molecule has 7 heteroatoms. The summed E-state index contributed by atoms with van der Waals surface area (Å²) in [5.74, 6) is 2.51. The number of carbonyl (C=O) groups is 3. The Labute approximate surface area is 187 Å². The quantitative estimate of drug-likeness (QED) is 0.553. The molecule has 0 saturated carbocycles. The Kier molecular flexibility index (Phi) is 7.87. The van der Waals surface area contributed by atoms with Gasteiger partial charge in [0.1, 0.15) is 12.6 Å². The van der Waals surface area contributed by atoms with Crippen LogP contribution in [0.25, 0.3) is 11.1 Å². The van der Waals surface area contributed by atoms with Crippen molar-refractivity contribution >= 4 is 18.0 Å². The van der Waals surface area contributed by atoms with Crippen LogP contribution in [0.4, 0.5) is 4.79 Å². The van der Waals surface area contributed by atoms with Crippen LogP contribution in [0, 0.1) is 11.8 Å². The van der Waals surface area contributed by atoms with Crippen LogP contribution in [0.5, 0.6) is 0 Å². The molecule has 3 rings (SSSR count). The lowest BCUT2D eigenvalue weighted by Gasteiger charge is -2.19. The number of hydrogen-bond acceptors (Lipinski definition) is 4. The number of carboxylic acid groups (broad SMARTS) is 1. The second-order valence-corrected chi connectivity index (χ2v) is 7.49. The fourth-order valence-electron chi connectivity index (χ4n) is 3.83.